The Morgan fingerprint density at radius 1 is 1.38 bits per heavy atom. The predicted molar refractivity (Wildman–Crippen MR) is 103 cm³/mol. The molecule has 0 spiro atoms. The Balaban J connectivity index is 1.62. The largest absolute Gasteiger partial charge is 0.492 e. The zero-order valence-corrected chi connectivity index (χ0v) is 16.8. The van der Waals surface area contributed by atoms with Gasteiger partial charge in [-0.2, -0.15) is 0 Å². The zero-order valence-electron chi connectivity index (χ0n) is 14.7. The van der Waals surface area contributed by atoms with Gasteiger partial charge in [-0.3, -0.25) is 0 Å². The van der Waals surface area contributed by atoms with E-state index in [0.717, 1.165) is 41.8 Å². The Bertz CT molecular complexity index is 545. The van der Waals surface area contributed by atoms with E-state index in [4.69, 9.17) is 9.47 Å². The molecule has 1 fully saturated rings. The van der Waals surface area contributed by atoms with Crippen LogP contribution in [0.25, 0.3) is 0 Å². The minimum atomic E-state index is -0.450. The van der Waals surface area contributed by atoms with Crippen molar-refractivity contribution in [2.24, 2.45) is 0 Å². The van der Waals surface area contributed by atoms with Gasteiger partial charge in [-0.15, -0.1) is 0 Å². The van der Waals surface area contributed by atoms with Crippen molar-refractivity contribution in [2.45, 2.75) is 45.3 Å². The molecular weight excluding hydrogens is 419 g/mol. The maximum absolute atomic E-state index is 11.8. The molecule has 0 aromatic heterocycles. The van der Waals surface area contributed by atoms with Crippen LogP contribution in [0.15, 0.2) is 24.3 Å². The number of rotatable bonds is 6. The van der Waals surface area contributed by atoms with Crippen molar-refractivity contribution in [3.8, 4) is 5.75 Å². The van der Waals surface area contributed by atoms with Crippen molar-refractivity contribution in [3.63, 3.8) is 0 Å². The first-order valence-corrected chi connectivity index (χ1v) is 9.50. The van der Waals surface area contributed by atoms with Gasteiger partial charge in [0.25, 0.3) is 0 Å². The molecule has 1 heterocycles. The fourth-order valence-electron chi connectivity index (χ4n) is 2.66. The minimum Gasteiger partial charge on any atom is -0.492 e. The summed E-state index contributed by atoms with van der Waals surface area (Å²) in [5, 5.41) is 2.95. The van der Waals surface area contributed by atoms with Gasteiger partial charge in [0, 0.05) is 25.7 Å². The number of para-hydroxylation sites is 1. The van der Waals surface area contributed by atoms with Gasteiger partial charge in [-0.05, 0) is 68.3 Å². The molecule has 0 bridgehead atoms. The van der Waals surface area contributed by atoms with E-state index in [1.54, 1.807) is 0 Å². The van der Waals surface area contributed by atoms with Gasteiger partial charge < -0.3 is 19.7 Å². The Kier molecular flexibility index (Phi) is 7.16. The smallest absolute Gasteiger partial charge is 0.407 e. The number of halogens is 1. The van der Waals surface area contributed by atoms with Crippen LogP contribution < -0.4 is 10.1 Å². The van der Waals surface area contributed by atoms with Crippen LogP contribution in [0.5, 0.6) is 5.75 Å². The Labute approximate surface area is 158 Å². The number of amides is 1. The third kappa shape index (κ3) is 6.84. The second kappa shape index (κ2) is 8.89. The first-order chi connectivity index (χ1) is 11.3. The summed E-state index contributed by atoms with van der Waals surface area (Å²) < 4.78 is 12.3. The number of nitrogens with zero attached hydrogens (tertiary/aromatic N) is 1. The highest BCUT2D eigenvalue weighted by atomic mass is 127. The molecule has 1 unspecified atom stereocenters. The number of nitrogens with one attached hydrogen (secondary N) is 1. The Morgan fingerprint density at radius 2 is 2.12 bits per heavy atom. The van der Waals surface area contributed by atoms with Crippen LogP contribution in [0.2, 0.25) is 0 Å². The molecule has 1 amide bonds. The lowest BCUT2D eigenvalue weighted by atomic mass is 10.2. The molecule has 1 atom stereocenters. The van der Waals surface area contributed by atoms with Crippen LogP contribution in [0.4, 0.5) is 4.79 Å². The molecule has 6 heteroatoms. The standard InChI is InChI=1S/C18H27IN2O3/c1-18(2,3)24-17(22)20-14-9-11-21(13-14)10-6-12-23-16-8-5-4-7-15(16)19/h4-5,7-8,14H,6,9-13H2,1-3H3,(H,20,22). The van der Waals surface area contributed by atoms with Gasteiger partial charge >= 0.3 is 6.09 Å². The molecule has 1 saturated heterocycles. The molecule has 0 radical (unpaired) electrons. The number of hydrogen-bond donors (Lipinski definition) is 1. The van der Waals surface area contributed by atoms with Gasteiger partial charge in [0.05, 0.1) is 10.2 Å². The molecule has 1 aliphatic rings. The molecule has 0 aliphatic carbocycles. The van der Waals surface area contributed by atoms with Crippen LogP contribution in [0.3, 0.4) is 0 Å². The monoisotopic (exact) mass is 446 g/mol. The molecule has 2 rings (SSSR count). The molecular formula is C18H27IN2O3. The third-order valence-corrected chi connectivity index (χ3v) is 4.60. The average Bonchev–Trinajstić information content (AvgIpc) is 2.90. The van der Waals surface area contributed by atoms with Crippen LogP contribution in [0.1, 0.15) is 33.6 Å². The molecule has 134 valence electrons. The molecule has 5 nitrogen and oxygen atoms in total. The van der Waals surface area contributed by atoms with Crippen molar-refractivity contribution in [3.05, 3.63) is 27.8 Å². The first-order valence-electron chi connectivity index (χ1n) is 8.43. The first kappa shape index (κ1) is 19.3. The summed E-state index contributed by atoms with van der Waals surface area (Å²) in [4.78, 5) is 14.2. The van der Waals surface area contributed by atoms with Crippen molar-refractivity contribution in [2.75, 3.05) is 26.2 Å². The van der Waals surface area contributed by atoms with Crippen LogP contribution in [0, 0.1) is 3.57 Å². The predicted octanol–water partition coefficient (Wildman–Crippen LogP) is 3.66. The van der Waals surface area contributed by atoms with Gasteiger partial charge in [-0.25, -0.2) is 4.79 Å². The lowest BCUT2D eigenvalue weighted by molar-refractivity contribution is 0.0505. The molecule has 1 aromatic rings. The third-order valence-electron chi connectivity index (χ3n) is 3.71. The zero-order chi connectivity index (χ0) is 17.6. The summed E-state index contributed by atoms with van der Waals surface area (Å²) in [6.45, 7) is 9.20. The molecule has 0 saturated carbocycles. The van der Waals surface area contributed by atoms with Gasteiger partial charge in [-0.1, -0.05) is 12.1 Å². The van der Waals surface area contributed by atoms with Gasteiger partial charge in [0.1, 0.15) is 11.4 Å². The highest BCUT2D eigenvalue weighted by Gasteiger charge is 2.25. The number of ether oxygens (including phenoxy) is 2. The number of hydrogen-bond acceptors (Lipinski definition) is 4. The summed E-state index contributed by atoms with van der Waals surface area (Å²) in [6, 6.07) is 8.22. The Hall–Kier alpha value is -1.02. The molecule has 1 aromatic carbocycles. The highest BCUT2D eigenvalue weighted by molar-refractivity contribution is 14.1. The normalized spacial score (nSPS) is 18.4. The SMILES string of the molecule is CC(C)(C)OC(=O)NC1CCN(CCCOc2ccccc2I)C1. The second-order valence-corrected chi connectivity index (χ2v) is 8.23. The van der Waals surface area contributed by atoms with E-state index >= 15 is 0 Å². The van der Waals surface area contributed by atoms with Gasteiger partial charge in [0.2, 0.25) is 0 Å². The maximum atomic E-state index is 11.8. The lowest BCUT2D eigenvalue weighted by Crippen LogP contribution is -2.40. The number of alkyl carbamates (subject to hydrolysis) is 1. The summed E-state index contributed by atoms with van der Waals surface area (Å²) in [6.07, 6.45) is 1.62. The van der Waals surface area contributed by atoms with E-state index in [-0.39, 0.29) is 12.1 Å². The molecule has 1 aliphatic heterocycles. The summed E-state index contributed by atoms with van der Waals surface area (Å²) in [5.41, 5.74) is -0.450. The number of benzene rings is 1. The summed E-state index contributed by atoms with van der Waals surface area (Å²) >= 11 is 2.29. The van der Waals surface area contributed by atoms with E-state index in [0.29, 0.717) is 6.61 Å². The second-order valence-electron chi connectivity index (χ2n) is 7.06. The van der Waals surface area contributed by atoms with E-state index in [1.807, 2.05) is 45.0 Å². The average molecular weight is 446 g/mol. The molecule has 24 heavy (non-hydrogen) atoms. The van der Waals surface area contributed by atoms with Crippen molar-refractivity contribution in [1.82, 2.24) is 10.2 Å². The van der Waals surface area contributed by atoms with E-state index < -0.39 is 5.60 Å². The van der Waals surface area contributed by atoms with E-state index in [1.165, 1.54) is 0 Å². The van der Waals surface area contributed by atoms with Crippen molar-refractivity contribution >= 4 is 28.7 Å². The lowest BCUT2D eigenvalue weighted by Gasteiger charge is -2.22. The quantitative estimate of drug-likeness (QED) is 0.536. The van der Waals surface area contributed by atoms with Crippen LogP contribution >= 0.6 is 22.6 Å². The highest BCUT2D eigenvalue weighted by Crippen LogP contribution is 2.20. The molecule has 1 N–H and O–H groups in total. The topological polar surface area (TPSA) is 50.8 Å². The van der Waals surface area contributed by atoms with Crippen molar-refractivity contribution in [1.29, 1.82) is 0 Å². The van der Waals surface area contributed by atoms with E-state index in [2.05, 4.69) is 32.8 Å². The van der Waals surface area contributed by atoms with Gasteiger partial charge in [0.15, 0.2) is 0 Å². The van der Waals surface area contributed by atoms with Crippen molar-refractivity contribution < 1.29 is 14.3 Å². The van der Waals surface area contributed by atoms with Crippen LogP contribution in [-0.2, 0) is 4.74 Å². The number of carbonyl (C=O) groups excluding carboxylic acids is 1. The minimum absolute atomic E-state index is 0.177. The maximum Gasteiger partial charge on any atom is 0.407 e. The number of carbonyl (C=O) groups is 1. The van der Waals surface area contributed by atoms with E-state index in [9.17, 15) is 4.79 Å². The fraction of sp³-hybridized carbons (Fsp3) is 0.611. The fourth-order valence-corrected chi connectivity index (χ4v) is 3.20. The number of likely N-dealkylation sites (tertiary alicyclic amines) is 1. The summed E-state index contributed by atoms with van der Waals surface area (Å²) in [5.74, 6) is 0.948. The summed E-state index contributed by atoms with van der Waals surface area (Å²) in [7, 11) is 0. The van der Waals surface area contributed by atoms with Crippen LogP contribution in [-0.4, -0.2) is 48.9 Å². The Morgan fingerprint density at radius 3 is 2.83 bits per heavy atom.